The minimum Gasteiger partial charge on any atom is -0.481 e. The molecule has 0 spiro atoms. The highest BCUT2D eigenvalue weighted by Crippen LogP contribution is 2.39. The summed E-state index contributed by atoms with van der Waals surface area (Å²) >= 11 is 0. The maximum atomic E-state index is 14.8. The smallest absolute Gasteiger partial charge is 0.269 e. The molecule has 0 aliphatic heterocycles. The van der Waals surface area contributed by atoms with E-state index in [0.717, 1.165) is 19.3 Å². The predicted octanol–water partition coefficient (Wildman–Crippen LogP) is 2.00. The zero-order chi connectivity index (χ0) is 21.8. The van der Waals surface area contributed by atoms with Crippen molar-refractivity contribution in [3.05, 3.63) is 41.3 Å². The number of nitrogens with zero attached hydrogens (tertiary/aromatic N) is 1. The maximum Gasteiger partial charge on any atom is 0.269 e. The number of hydrogen-bond acceptors (Lipinski definition) is 7. The molecule has 1 aliphatic carbocycles. The van der Waals surface area contributed by atoms with E-state index in [9.17, 15) is 9.18 Å². The van der Waals surface area contributed by atoms with Gasteiger partial charge >= 0.3 is 0 Å². The number of rotatable bonds is 7. The van der Waals surface area contributed by atoms with E-state index < -0.39 is 11.7 Å². The van der Waals surface area contributed by atoms with Gasteiger partial charge in [0.05, 0.1) is 25.6 Å². The zero-order valence-electron chi connectivity index (χ0n) is 17.2. The number of nitrogen functional groups attached to an aromatic ring is 1. The lowest BCUT2D eigenvalue weighted by atomic mass is 9.93. The first kappa shape index (κ1) is 21.2. The van der Waals surface area contributed by atoms with Crippen LogP contribution >= 0.6 is 0 Å². The highest BCUT2D eigenvalue weighted by molar-refractivity contribution is 6.02. The molecule has 2 aromatic rings. The van der Waals surface area contributed by atoms with Crippen LogP contribution in [0.1, 0.15) is 24.8 Å². The Morgan fingerprint density at radius 3 is 2.50 bits per heavy atom. The number of nitrogens with two attached hydrogens (primary N) is 2. The molecular weight excluding hydrogens is 389 g/mol. The molecule has 3 rings (SSSR count). The number of amides is 1. The lowest BCUT2D eigenvalue weighted by molar-refractivity contribution is -0.118. The number of hydrogen-bond donors (Lipinski definition) is 4. The van der Waals surface area contributed by atoms with Crippen molar-refractivity contribution >= 4 is 17.3 Å². The third-order valence-corrected chi connectivity index (χ3v) is 5.17. The van der Waals surface area contributed by atoms with Gasteiger partial charge in [-0.15, -0.1) is 0 Å². The molecule has 0 bridgehead atoms. The van der Waals surface area contributed by atoms with Crippen LogP contribution in [0.5, 0.6) is 11.8 Å². The van der Waals surface area contributed by atoms with Crippen LogP contribution in [0.25, 0.3) is 16.8 Å². The highest BCUT2D eigenvalue weighted by Gasteiger charge is 2.24. The fourth-order valence-electron chi connectivity index (χ4n) is 3.31. The lowest BCUT2D eigenvalue weighted by Gasteiger charge is -2.27. The van der Waals surface area contributed by atoms with Gasteiger partial charge in [0.15, 0.2) is 0 Å². The monoisotopic (exact) mass is 415 g/mol. The topological polar surface area (TPSA) is 125 Å². The second kappa shape index (κ2) is 8.89. The fraction of sp³-hybridized carbons (Fsp3) is 0.333. The molecule has 8 nitrogen and oxygen atoms in total. The number of carbonyl (C=O) groups is 1. The summed E-state index contributed by atoms with van der Waals surface area (Å²) in [5, 5.41) is 5.81. The number of carbonyl (C=O) groups excluding carboxylic acids is 1. The molecule has 30 heavy (non-hydrogen) atoms. The summed E-state index contributed by atoms with van der Waals surface area (Å²) in [6, 6.07) is 6.06. The molecule has 0 radical (unpaired) electrons. The summed E-state index contributed by atoms with van der Waals surface area (Å²) in [7, 11) is 4.51. The van der Waals surface area contributed by atoms with Crippen LogP contribution in [0.4, 0.5) is 10.1 Å². The van der Waals surface area contributed by atoms with Gasteiger partial charge in [-0.3, -0.25) is 4.79 Å². The van der Waals surface area contributed by atoms with Crippen molar-refractivity contribution in [2.75, 3.05) is 27.0 Å². The van der Waals surface area contributed by atoms with E-state index in [2.05, 4.69) is 15.6 Å². The number of aromatic nitrogens is 1. The maximum absolute atomic E-state index is 14.8. The molecular formula is C21H26FN5O3. The number of ether oxygens (including phenoxy) is 2. The number of anilines is 1. The number of benzene rings is 1. The van der Waals surface area contributed by atoms with Crippen molar-refractivity contribution in [2.45, 2.75) is 25.3 Å². The summed E-state index contributed by atoms with van der Waals surface area (Å²) in [5.74, 6) is -0.478. The van der Waals surface area contributed by atoms with Crippen LogP contribution < -0.4 is 31.6 Å². The van der Waals surface area contributed by atoms with Crippen molar-refractivity contribution in [3.8, 4) is 22.9 Å². The van der Waals surface area contributed by atoms with Gasteiger partial charge in [0.2, 0.25) is 11.8 Å². The Kier molecular flexibility index (Phi) is 6.29. The number of halogens is 1. The van der Waals surface area contributed by atoms with Gasteiger partial charge in [0.1, 0.15) is 11.5 Å². The van der Waals surface area contributed by atoms with E-state index in [1.54, 1.807) is 19.2 Å². The SMILES string of the molecule is CN/C(=C(/N)C(=O)NC1CCC1)c1ccc(F)c(-c2ccc(OC)nc2OC)c1N. The number of pyridine rings is 1. The average molecular weight is 415 g/mol. The van der Waals surface area contributed by atoms with E-state index in [1.807, 2.05) is 0 Å². The average Bonchev–Trinajstić information content (AvgIpc) is 2.72. The normalized spacial score (nSPS) is 14.4. The molecule has 6 N–H and O–H groups in total. The fourth-order valence-corrected chi connectivity index (χ4v) is 3.31. The molecule has 1 saturated carbocycles. The number of methoxy groups -OCH3 is 2. The van der Waals surface area contributed by atoms with Crippen molar-refractivity contribution in [1.29, 1.82) is 0 Å². The van der Waals surface area contributed by atoms with Crippen LogP contribution in [0.15, 0.2) is 30.0 Å². The minimum atomic E-state index is -0.561. The largest absolute Gasteiger partial charge is 0.481 e. The Bertz CT molecular complexity index is 989. The van der Waals surface area contributed by atoms with Crippen LogP contribution in [-0.2, 0) is 4.79 Å². The molecule has 1 amide bonds. The Labute approximate surface area is 174 Å². The third kappa shape index (κ3) is 3.96. The van der Waals surface area contributed by atoms with Gasteiger partial charge in [-0.1, -0.05) is 0 Å². The first-order valence-electron chi connectivity index (χ1n) is 9.57. The van der Waals surface area contributed by atoms with Gasteiger partial charge in [0.25, 0.3) is 5.91 Å². The quantitative estimate of drug-likeness (QED) is 0.403. The minimum absolute atomic E-state index is 0.0199. The first-order chi connectivity index (χ1) is 14.4. The molecule has 0 saturated heterocycles. The molecule has 1 aromatic carbocycles. The summed E-state index contributed by atoms with van der Waals surface area (Å²) in [6.45, 7) is 0. The summed E-state index contributed by atoms with van der Waals surface area (Å²) in [6.07, 6.45) is 2.95. The van der Waals surface area contributed by atoms with Crippen LogP contribution in [-0.4, -0.2) is 38.2 Å². The highest BCUT2D eigenvalue weighted by atomic mass is 19.1. The third-order valence-electron chi connectivity index (χ3n) is 5.17. The van der Waals surface area contributed by atoms with E-state index in [-0.39, 0.29) is 28.9 Å². The Morgan fingerprint density at radius 2 is 1.93 bits per heavy atom. The molecule has 0 atom stereocenters. The molecule has 1 fully saturated rings. The second-order valence-electron chi connectivity index (χ2n) is 6.93. The molecule has 1 aliphatic rings. The lowest BCUT2D eigenvalue weighted by Crippen LogP contribution is -2.42. The molecule has 9 heteroatoms. The van der Waals surface area contributed by atoms with Crippen molar-refractivity contribution < 1.29 is 18.7 Å². The zero-order valence-corrected chi connectivity index (χ0v) is 17.2. The Balaban J connectivity index is 2.09. The van der Waals surface area contributed by atoms with Crippen LogP contribution in [0, 0.1) is 5.82 Å². The standard InChI is InChI=1S/C21H26FN5O3/c1-25-19(18(24)20(28)26-11-5-4-6-11)13-7-9-14(22)16(17(13)23)12-8-10-15(29-2)27-21(12)30-3/h7-11,25H,4-6,23-24H2,1-3H3,(H,26,28)/b19-18+. The Morgan fingerprint density at radius 1 is 1.20 bits per heavy atom. The predicted molar refractivity (Wildman–Crippen MR) is 113 cm³/mol. The van der Waals surface area contributed by atoms with Crippen molar-refractivity contribution in [2.24, 2.45) is 5.73 Å². The van der Waals surface area contributed by atoms with Gasteiger partial charge in [0, 0.05) is 35.8 Å². The van der Waals surface area contributed by atoms with E-state index in [0.29, 0.717) is 22.7 Å². The molecule has 1 aromatic heterocycles. The number of nitrogens with one attached hydrogen (secondary N) is 2. The second-order valence-corrected chi connectivity index (χ2v) is 6.93. The van der Waals surface area contributed by atoms with Gasteiger partial charge in [-0.2, -0.15) is 4.98 Å². The van der Waals surface area contributed by atoms with Crippen LogP contribution in [0.2, 0.25) is 0 Å². The molecule has 0 unspecified atom stereocenters. The van der Waals surface area contributed by atoms with Crippen LogP contribution in [0.3, 0.4) is 0 Å². The summed E-state index contributed by atoms with van der Waals surface area (Å²) in [4.78, 5) is 16.7. The van der Waals surface area contributed by atoms with E-state index in [1.165, 1.54) is 26.4 Å². The van der Waals surface area contributed by atoms with E-state index >= 15 is 0 Å². The van der Waals surface area contributed by atoms with E-state index in [4.69, 9.17) is 20.9 Å². The van der Waals surface area contributed by atoms with Gasteiger partial charge < -0.3 is 31.6 Å². The van der Waals surface area contributed by atoms with Crippen molar-refractivity contribution in [1.82, 2.24) is 15.6 Å². The Hall–Kier alpha value is -3.49. The van der Waals surface area contributed by atoms with Gasteiger partial charge in [-0.25, -0.2) is 4.39 Å². The molecule has 160 valence electrons. The summed E-state index contributed by atoms with van der Waals surface area (Å²) < 4.78 is 25.2. The molecule has 1 heterocycles. The van der Waals surface area contributed by atoms with Gasteiger partial charge in [-0.05, 0) is 37.5 Å². The first-order valence-corrected chi connectivity index (χ1v) is 9.57. The van der Waals surface area contributed by atoms with Crippen molar-refractivity contribution in [3.63, 3.8) is 0 Å². The summed E-state index contributed by atoms with van der Waals surface area (Å²) in [5.41, 5.74) is 13.7.